The van der Waals surface area contributed by atoms with Crippen molar-refractivity contribution < 1.29 is 18.7 Å². The van der Waals surface area contributed by atoms with Crippen molar-refractivity contribution in [1.29, 1.82) is 0 Å². The van der Waals surface area contributed by atoms with Crippen LogP contribution in [0.15, 0.2) is 48.2 Å². The van der Waals surface area contributed by atoms with Gasteiger partial charge in [-0.1, -0.05) is 49.6 Å². The van der Waals surface area contributed by atoms with Crippen LogP contribution >= 0.6 is 11.6 Å². The summed E-state index contributed by atoms with van der Waals surface area (Å²) < 4.78 is 20.0. The molecule has 2 aromatic rings. The van der Waals surface area contributed by atoms with Crippen molar-refractivity contribution in [3.8, 4) is 5.75 Å². The van der Waals surface area contributed by atoms with Crippen molar-refractivity contribution in [3.63, 3.8) is 0 Å². The summed E-state index contributed by atoms with van der Waals surface area (Å²) in [6.07, 6.45) is 5.57. The summed E-state index contributed by atoms with van der Waals surface area (Å²) in [4.78, 5) is 27.4. The second-order valence-corrected chi connectivity index (χ2v) is 8.45. The molecule has 2 atom stereocenters. The number of para-hydroxylation sites is 2. The minimum atomic E-state index is -0.564. The molecule has 1 N–H and O–H groups in total. The smallest absolute Gasteiger partial charge is 0.294 e. The van der Waals surface area contributed by atoms with Crippen LogP contribution in [0.2, 0.25) is 5.02 Å². The molecule has 1 aliphatic heterocycles. The molecule has 1 aliphatic carbocycles. The van der Waals surface area contributed by atoms with Gasteiger partial charge in [0.05, 0.1) is 10.7 Å². The Morgan fingerprint density at radius 3 is 2.77 bits per heavy atom. The van der Waals surface area contributed by atoms with E-state index in [1.54, 1.807) is 24.3 Å². The van der Waals surface area contributed by atoms with E-state index in [2.05, 4.69) is 12.2 Å². The summed E-state index contributed by atoms with van der Waals surface area (Å²) in [5, 5.41) is 3.24. The zero-order valence-electron chi connectivity index (χ0n) is 17.2. The average molecular weight is 443 g/mol. The number of nitrogens with one attached hydrogen (secondary N) is 1. The van der Waals surface area contributed by atoms with E-state index in [-0.39, 0.29) is 34.8 Å². The Hall–Kier alpha value is -2.86. The lowest BCUT2D eigenvalue weighted by Gasteiger charge is -2.32. The average Bonchev–Trinajstić information content (AvgIpc) is 2.75. The first-order chi connectivity index (χ1) is 14.9. The molecule has 1 fully saturated rings. The molecular weight excluding hydrogens is 419 g/mol. The van der Waals surface area contributed by atoms with Gasteiger partial charge in [0.2, 0.25) is 5.91 Å². The predicted octanol–water partition coefficient (Wildman–Crippen LogP) is 4.94. The van der Waals surface area contributed by atoms with Crippen molar-refractivity contribution >= 4 is 35.2 Å². The van der Waals surface area contributed by atoms with Gasteiger partial charge in [-0.3, -0.25) is 14.5 Å². The van der Waals surface area contributed by atoms with Crippen LogP contribution in [0.25, 0.3) is 6.08 Å². The SMILES string of the molecule is CC1CCCCC1NC(=O)CN1C(=O)C(=Cc2c(F)cccc2Cl)Oc2ccccc21. The van der Waals surface area contributed by atoms with E-state index < -0.39 is 11.7 Å². The van der Waals surface area contributed by atoms with E-state index in [4.69, 9.17) is 16.3 Å². The summed E-state index contributed by atoms with van der Waals surface area (Å²) in [5.74, 6) is -0.587. The molecule has 2 aliphatic rings. The topological polar surface area (TPSA) is 58.6 Å². The van der Waals surface area contributed by atoms with Gasteiger partial charge in [-0.25, -0.2) is 4.39 Å². The predicted molar refractivity (Wildman–Crippen MR) is 118 cm³/mol. The Morgan fingerprint density at radius 1 is 1.23 bits per heavy atom. The largest absolute Gasteiger partial charge is 0.449 e. The number of halogens is 2. The highest BCUT2D eigenvalue weighted by atomic mass is 35.5. The zero-order valence-corrected chi connectivity index (χ0v) is 18.0. The number of carbonyl (C=O) groups excluding carboxylic acids is 2. The number of fused-ring (bicyclic) bond motifs is 1. The van der Waals surface area contributed by atoms with Crippen molar-refractivity contribution in [2.75, 3.05) is 11.4 Å². The van der Waals surface area contributed by atoms with Gasteiger partial charge in [-0.05, 0) is 49.1 Å². The molecule has 5 nitrogen and oxygen atoms in total. The van der Waals surface area contributed by atoms with E-state index in [1.807, 2.05) is 0 Å². The van der Waals surface area contributed by atoms with Crippen molar-refractivity contribution in [1.82, 2.24) is 5.32 Å². The minimum absolute atomic E-state index is 0.0623. The van der Waals surface area contributed by atoms with Crippen LogP contribution in [0, 0.1) is 11.7 Å². The molecule has 31 heavy (non-hydrogen) atoms. The Morgan fingerprint density at radius 2 is 2.00 bits per heavy atom. The lowest BCUT2D eigenvalue weighted by Crippen LogP contribution is -2.48. The third kappa shape index (κ3) is 4.59. The fourth-order valence-electron chi connectivity index (χ4n) is 4.13. The highest BCUT2D eigenvalue weighted by molar-refractivity contribution is 6.32. The normalized spacial score (nSPS) is 22.1. The number of hydrogen-bond donors (Lipinski definition) is 1. The van der Waals surface area contributed by atoms with E-state index >= 15 is 0 Å². The molecule has 1 saturated carbocycles. The molecule has 0 spiro atoms. The highest BCUT2D eigenvalue weighted by Crippen LogP contribution is 2.36. The fraction of sp³-hybridized carbons (Fsp3) is 0.333. The molecule has 0 bridgehead atoms. The Bertz CT molecular complexity index is 1020. The summed E-state index contributed by atoms with van der Waals surface area (Å²) in [7, 11) is 0. The van der Waals surface area contributed by atoms with Crippen molar-refractivity contribution in [2.45, 2.75) is 38.6 Å². The lowest BCUT2D eigenvalue weighted by atomic mass is 9.86. The minimum Gasteiger partial charge on any atom is -0.449 e. The van der Waals surface area contributed by atoms with Crippen LogP contribution < -0.4 is 15.0 Å². The molecular formula is C24H24ClFN2O3. The zero-order chi connectivity index (χ0) is 22.0. The van der Waals surface area contributed by atoms with Gasteiger partial charge < -0.3 is 10.1 Å². The first-order valence-electron chi connectivity index (χ1n) is 10.5. The van der Waals surface area contributed by atoms with Crippen LogP contribution in [-0.2, 0) is 9.59 Å². The van der Waals surface area contributed by atoms with Crippen LogP contribution in [-0.4, -0.2) is 24.4 Å². The van der Waals surface area contributed by atoms with E-state index in [0.29, 0.717) is 17.4 Å². The first kappa shape index (κ1) is 21.4. The molecule has 4 rings (SSSR count). The fourth-order valence-corrected chi connectivity index (χ4v) is 4.34. The molecule has 0 radical (unpaired) electrons. The number of benzene rings is 2. The van der Waals surface area contributed by atoms with Gasteiger partial charge in [0.1, 0.15) is 12.4 Å². The summed E-state index contributed by atoms with van der Waals surface area (Å²) in [5.41, 5.74) is 0.559. The third-order valence-corrected chi connectivity index (χ3v) is 6.20. The highest BCUT2D eigenvalue weighted by Gasteiger charge is 2.33. The standard InChI is InChI=1S/C24H24ClFN2O3/c1-15-7-2-3-10-19(15)27-23(29)14-28-20-11-4-5-12-21(20)31-22(24(28)30)13-16-17(25)8-6-9-18(16)26/h4-6,8-9,11-13,15,19H,2-3,7,10,14H2,1H3,(H,27,29). The van der Waals surface area contributed by atoms with Crippen LogP contribution in [0.4, 0.5) is 10.1 Å². The second kappa shape index (κ2) is 9.10. The quantitative estimate of drug-likeness (QED) is 0.682. The Labute approximate surface area is 185 Å². The van der Waals surface area contributed by atoms with Gasteiger partial charge in [0.25, 0.3) is 5.91 Å². The number of nitrogens with zero attached hydrogens (tertiary/aromatic N) is 1. The molecule has 0 saturated heterocycles. The van der Waals surface area contributed by atoms with Gasteiger partial charge in [0, 0.05) is 11.6 Å². The Balaban J connectivity index is 1.61. The molecule has 0 aromatic heterocycles. The van der Waals surface area contributed by atoms with Crippen molar-refractivity contribution in [3.05, 3.63) is 64.6 Å². The number of hydrogen-bond acceptors (Lipinski definition) is 3. The lowest BCUT2D eigenvalue weighted by molar-refractivity contribution is -0.124. The van der Waals surface area contributed by atoms with Crippen LogP contribution in [0.3, 0.4) is 0 Å². The number of carbonyl (C=O) groups is 2. The summed E-state index contributed by atoms with van der Waals surface area (Å²) >= 11 is 6.11. The number of rotatable bonds is 4. The van der Waals surface area contributed by atoms with E-state index in [9.17, 15) is 14.0 Å². The molecule has 1 heterocycles. The maximum Gasteiger partial charge on any atom is 0.294 e. The molecule has 2 unspecified atom stereocenters. The number of amides is 2. The van der Waals surface area contributed by atoms with Crippen LogP contribution in [0.1, 0.15) is 38.2 Å². The number of ether oxygens (including phenoxy) is 1. The second-order valence-electron chi connectivity index (χ2n) is 8.04. The van der Waals surface area contributed by atoms with Crippen LogP contribution in [0.5, 0.6) is 5.75 Å². The molecule has 2 aromatic carbocycles. The first-order valence-corrected chi connectivity index (χ1v) is 10.9. The van der Waals surface area contributed by atoms with Gasteiger partial charge in [-0.15, -0.1) is 0 Å². The van der Waals surface area contributed by atoms with E-state index in [0.717, 1.165) is 19.3 Å². The van der Waals surface area contributed by atoms with Gasteiger partial charge >= 0.3 is 0 Å². The number of anilines is 1. The molecule has 7 heteroatoms. The van der Waals surface area contributed by atoms with Gasteiger partial charge in [-0.2, -0.15) is 0 Å². The Kier molecular flexibility index (Phi) is 6.28. The summed E-state index contributed by atoms with van der Waals surface area (Å²) in [6, 6.07) is 11.4. The summed E-state index contributed by atoms with van der Waals surface area (Å²) in [6.45, 7) is 1.99. The molecule has 162 valence electrons. The monoisotopic (exact) mass is 442 g/mol. The van der Waals surface area contributed by atoms with Gasteiger partial charge in [0.15, 0.2) is 11.5 Å². The van der Waals surface area contributed by atoms with E-state index in [1.165, 1.54) is 35.6 Å². The maximum absolute atomic E-state index is 14.3. The third-order valence-electron chi connectivity index (χ3n) is 5.87. The molecule has 2 amide bonds. The maximum atomic E-state index is 14.3. The van der Waals surface area contributed by atoms with Crippen molar-refractivity contribution in [2.24, 2.45) is 5.92 Å².